The average molecular weight is 390 g/mol. The summed E-state index contributed by atoms with van der Waals surface area (Å²) >= 11 is 5.96. The van der Waals surface area contributed by atoms with Crippen molar-refractivity contribution in [3.05, 3.63) is 59.0 Å². The third-order valence-electron chi connectivity index (χ3n) is 4.84. The van der Waals surface area contributed by atoms with Crippen LogP contribution in [0.4, 0.5) is 0 Å². The summed E-state index contributed by atoms with van der Waals surface area (Å²) in [5.74, 6) is 0.0182. The minimum atomic E-state index is -0.450. The zero-order valence-corrected chi connectivity index (χ0v) is 16.1. The van der Waals surface area contributed by atoms with Crippen molar-refractivity contribution in [2.24, 2.45) is 0 Å². The Morgan fingerprint density at radius 2 is 1.85 bits per heavy atom. The fourth-order valence-electron chi connectivity index (χ4n) is 3.14. The van der Waals surface area contributed by atoms with Crippen molar-refractivity contribution < 1.29 is 14.0 Å². The van der Waals surface area contributed by atoms with E-state index in [4.69, 9.17) is 16.0 Å². The van der Waals surface area contributed by atoms with Crippen LogP contribution in [0.2, 0.25) is 5.02 Å². The van der Waals surface area contributed by atoms with Crippen LogP contribution in [0.1, 0.15) is 17.2 Å². The second-order valence-corrected chi connectivity index (χ2v) is 7.23. The molecule has 6 nitrogen and oxygen atoms in total. The van der Waals surface area contributed by atoms with Crippen LogP contribution in [-0.4, -0.2) is 61.4 Å². The third kappa shape index (κ3) is 5.34. The normalized spacial score (nSPS) is 16.1. The molecule has 1 atom stereocenters. The van der Waals surface area contributed by atoms with E-state index in [0.29, 0.717) is 24.5 Å². The Balaban J connectivity index is 1.63. The molecule has 0 saturated carbocycles. The maximum Gasteiger partial charge on any atom is 0.242 e. The van der Waals surface area contributed by atoms with Gasteiger partial charge in [0, 0.05) is 37.6 Å². The van der Waals surface area contributed by atoms with E-state index in [0.717, 1.165) is 24.4 Å². The van der Waals surface area contributed by atoms with Gasteiger partial charge in [-0.3, -0.25) is 9.59 Å². The number of halogens is 1. The first-order valence-electron chi connectivity index (χ1n) is 9.05. The number of likely N-dealkylation sites (N-methyl/N-ethyl adjacent to an activating group) is 1. The maximum absolute atomic E-state index is 12.8. The number of amides is 2. The van der Waals surface area contributed by atoms with Gasteiger partial charge in [-0.25, -0.2) is 0 Å². The van der Waals surface area contributed by atoms with Crippen LogP contribution in [0.5, 0.6) is 0 Å². The monoisotopic (exact) mass is 389 g/mol. The molecule has 144 valence electrons. The number of carbonyl (C=O) groups excluding carboxylic acids is 2. The van der Waals surface area contributed by atoms with E-state index in [9.17, 15) is 9.59 Å². The molecule has 1 aromatic heterocycles. The maximum atomic E-state index is 12.8. The van der Waals surface area contributed by atoms with Gasteiger partial charge in [-0.05, 0) is 36.9 Å². The van der Waals surface area contributed by atoms with Gasteiger partial charge in [0.25, 0.3) is 0 Å². The predicted octanol–water partition coefficient (Wildman–Crippen LogP) is 2.15. The van der Waals surface area contributed by atoms with Crippen molar-refractivity contribution in [2.75, 3.05) is 39.8 Å². The third-order valence-corrected chi connectivity index (χ3v) is 5.10. The molecule has 0 spiro atoms. The Bertz CT molecular complexity index is 753. The van der Waals surface area contributed by atoms with E-state index in [-0.39, 0.29) is 18.4 Å². The molecule has 27 heavy (non-hydrogen) atoms. The molecule has 1 aliphatic rings. The van der Waals surface area contributed by atoms with Gasteiger partial charge >= 0.3 is 0 Å². The van der Waals surface area contributed by atoms with Gasteiger partial charge in [-0.2, -0.15) is 0 Å². The van der Waals surface area contributed by atoms with Crippen molar-refractivity contribution in [1.82, 2.24) is 15.1 Å². The van der Waals surface area contributed by atoms with Crippen molar-refractivity contribution in [3.63, 3.8) is 0 Å². The lowest BCUT2D eigenvalue weighted by molar-refractivity contribution is -0.134. The molecular formula is C20H24ClN3O3. The fraction of sp³-hybridized carbons (Fsp3) is 0.400. The van der Waals surface area contributed by atoms with E-state index in [2.05, 4.69) is 10.2 Å². The number of nitrogens with one attached hydrogen (secondary N) is 1. The summed E-state index contributed by atoms with van der Waals surface area (Å²) in [5, 5.41) is 3.41. The predicted molar refractivity (Wildman–Crippen MR) is 104 cm³/mol. The second-order valence-electron chi connectivity index (χ2n) is 6.79. The molecule has 1 aliphatic heterocycles. The summed E-state index contributed by atoms with van der Waals surface area (Å²) in [6, 6.07) is 10.8. The Morgan fingerprint density at radius 3 is 2.48 bits per heavy atom. The second kappa shape index (κ2) is 9.06. The summed E-state index contributed by atoms with van der Waals surface area (Å²) < 4.78 is 5.40. The summed E-state index contributed by atoms with van der Waals surface area (Å²) in [4.78, 5) is 29.2. The summed E-state index contributed by atoms with van der Waals surface area (Å²) in [6.45, 7) is 3.10. The number of benzene rings is 1. The van der Waals surface area contributed by atoms with Gasteiger partial charge in [0.05, 0.1) is 18.7 Å². The molecule has 7 heteroatoms. The Kier molecular flexibility index (Phi) is 6.53. The van der Waals surface area contributed by atoms with Crippen LogP contribution in [-0.2, 0) is 16.0 Å². The minimum absolute atomic E-state index is 0.00475. The summed E-state index contributed by atoms with van der Waals surface area (Å²) in [6.07, 6.45) is 2.01. The van der Waals surface area contributed by atoms with Crippen LogP contribution in [0.3, 0.4) is 0 Å². The molecule has 3 rings (SSSR count). The van der Waals surface area contributed by atoms with Crippen molar-refractivity contribution in [2.45, 2.75) is 12.3 Å². The molecule has 0 radical (unpaired) electrons. The van der Waals surface area contributed by atoms with Crippen molar-refractivity contribution in [1.29, 1.82) is 0 Å². The van der Waals surface area contributed by atoms with Crippen molar-refractivity contribution >= 4 is 23.4 Å². The van der Waals surface area contributed by atoms with Crippen LogP contribution in [0, 0.1) is 0 Å². The molecule has 2 heterocycles. The largest absolute Gasteiger partial charge is 0.469 e. The van der Waals surface area contributed by atoms with Gasteiger partial charge in [-0.15, -0.1) is 0 Å². The highest BCUT2D eigenvalue weighted by Crippen LogP contribution is 2.23. The molecule has 1 aromatic carbocycles. The quantitative estimate of drug-likeness (QED) is 0.822. The van der Waals surface area contributed by atoms with Gasteiger partial charge in [0.1, 0.15) is 5.76 Å². The number of hydrogen-bond donors (Lipinski definition) is 1. The molecule has 2 amide bonds. The molecule has 0 bridgehead atoms. The van der Waals surface area contributed by atoms with Gasteiger partial charge in [0.2, 0.25) is 11.8 Å². The topological polar surface area (TPSA) is 65.8 Å². The number of furan rings is 1. The van der Waals surface area contributed by atoms with E-state index in [1.54, 1.807) is 29.4 Å². The standard InChI is InChI=1S/C20H24ClN3O3/c1-23-8-10-24(11-9-23)19(25)14-22-20(26)18(13-17-3-2-12-27-17)15-4-6-16(21)7-5-15/h2-7,12,18H,8-11,13-14H2,1H3,(H,22,26). The van der Waals surface area contributed by atoms with Gasteiger partial charge in [0.15, 0.2) is 0 Å². The summed E-state index contributed by atoms with van der Waals surface area (Å²) in [5.41, 5.74) is 0.834. The number of hydrogen-bond acceptors (Lipinski definition) is 4. The Hall–Kier alpha value is -2.31. The smallest absolute Gasteiger partial charge is 0.242 e. The molecule has 0 aliphatic carbocycles. The van der Waals surface area contributed by atoms with Crippen molar-refractivity contribution in [3.8, 4) is 0 Å². The SMILES string of the molecule is CN1CCN(C(=O)CNC(=O)C(Cc2ccco2)c2ccc(Cl)cc2)CC1. The van der Waals surface area contributed by atoms with Crippen LogP contribution in [0.25, 0.3) is 0 Å². The summed E-state index contributed by atoms with van der Waals surface area (Å²) in [7, 11) is 2.04. The first kappa shape index (κ1) is 19.5. The first-order valence-corrected chi connectivity index (χ1v) is 9.42. The Morgan fingerprint density at radius 1 is 1.15 bits per heavy atom. The zero-order valence-electron chi connectivity index (χ0n) is 15.4. The molecule has 1 unspecified atom stereocenters. The molecule has 1 N–H and O–H groups in total. The van der Waals surface area contributed by atoms with Crippen LogP contribution in [0.15, 0.2) is 47.1 Å². The molecular weight excluding hydrogens is 366 g/mol. The lowest BCUT2D eigenvalue weighted by Crippen LogP contribution is -2.50. The number of carbonyl (C=O) groups is 2. The highest BCUT2D eigenvalue weighted by molar-refractivity contribution is 6.30. The Labute approximate surface area is 164 Å². The number of piperazine rings is 1. The number of nitrogens with zero attached hydrogens (tertiary/aromatic N) is 2. The highest BCUT2D eigenvalue weighted by atomic mass is 35.5. The fourth-order valence-corrected chi connectivity index (χ4v) is 3.27. The number of rotatable bonds is 6. The van der Waals surface area contributed by atoms with Gasteiger partial charge < -0.3 is 19.5 Å². The average Bonchev–Trinajstić information content (AvgIpc) is 3.18. The van der Waals surface area contributed by atoms with E-state index in [1.807, 2.05) is 25.2 Å². The molecule has 2 aromatic rings. The van der Waals surface area contributed by atoms with E-state index < -0.39 is 5.92 Å². The van der Waals surface area contributed by atoms with Crippen LogP contribution < -0.4 is 5.32 Å². The first-order chi connectivity index (χ1) is 13.0. The molecule has 1 saturated heterocycles. The van der Waals surface area contributed by atoms with Gasteiger partial charge in [-0.1, -0.05) is 23.7 Å². The molecule has 1 fully saturated rings. The highest BCUT2D eigenvalue weighted by Gasteiger charge is 2.24. The minimum Gasteiger partial charge on any atom is -0.469 e. The lowest BCUT2D eigenvalue weighted by atomic mass is 9.93. The lowest BCUT2D eigenvalue weighted by Gasteiger charge is -2.32. The van der Waals surface area contributed by atoms with E-state index >= 15 is 0 Å². The van der Waals surface area contributed by atoms with Crippen LogP contribution >= 0.6 is 11.6 Å². The zero-order chi connectivity index (χ0) is 19.2. The van der Waals surface area contributed by atoms with E-state index in [1.165, 1.54) is 0 Å².